The molecule has 1 amide bonds. The Labute approximate surface area is 135 Å². The van der Waals surface area contributed by atoms with Gasteiger partial charge < -0.3 is 19.4 Å². The van der Waals surface area contributed by atoms with Gasteiger partial charge in [-0.2, -0.15) is 4.98 Å². The zero-order valence-electron chi connectivity index (χ0n) is 13.7. The number of aromatic nitrogens is 3. The normalized spacial score (nSPS) is 18.4. The molecule has 1 fully saturated rings. The van der Waals surface area contributed by atoms with Crippen molar-refractivity contribution in [2.45, 2.75) is 45.3 Å². The number of fused-ring (bicyclic) bond motifs is 1. The molecule has 0 aliphatic carbocycles. The number of pyridine rings is 1. The summed E-state index contributed by atoms with van der Waals surface area (Å²) in [5, 5.41) is 0. The second kappa shape index (κ2) is 6.06. The number of carbonyl (C=O) groups is 1. The van der Waals surface area contributed by atoms with Crippen molar-refractivity contribution in [2.24, 2.45) is 0 Å². The highest BCUT2D eigenvalue weighted by Gasteiger charge is 2.32. The minimum Gasteiger partial charge on any atom is -0.463 e. The lowest BCUT2D eigenvalue weighted by Crippen LogP contribution is -2.42. The number of rotatable bonds is 3. The fraction of sp³-hybridized carbons (Fsp3) is 0.562. The number of imidazole rings is 1. The topological polar surface area (TPSA) is 80.3 Å². The minimum atomic E-state index is -0.491. The van der Waals surface area contributed by atoms with Gasteiger partial charge >= 0.3 is 6.09 Å². The maximum Gasteiger partial charge on any atom is 0.410 e. The Bertz CT molecular complexity index is 659. The van der Waals surface area contributed by atoms with Crippen LogP contribution in [0.5, 0.6) is 6.01 Å². The lowest BCUT2D eigenvalue weighted by Gasteiger charge is -2.28. The van der Waals surface area contributed by atoms with Gasteiger partial charge in [0.05, 0.1) is 11.6 Å². The van der Waals surface area contributed by atoms with Crippen molar-refractivity contribution in [1.29, 1.82) is 0 Å². The molecule has 1 atom stereocenters. The van der Waals surface area contributed by atoms with Crippen molar-refractivity contribution < 1.29 is 14.3 Å². The summed E-state index contributed by atoms with van der Waals surface area (Å²) in [4.78, 5) is 25.5. The Balaban J connectivity index is 1.61. The molecule has 23 heavy (non-hydrogen) atoms. The van der Waals surface area contributed by atoms with E-state index in [4.69, 9.17) is 9.47 Å². The summed E-state index contributed by atoms with van der Waals surface area (Å²) in [5.74, 6) is 0. The number of nitrogens with zero attached hydrogens (tertiary/aromatic N) is 3. The molecule has 1 N–H and O–H groups in total. The molecule has 124 valence electrons. The third-order valence-corrected chi connectivity index (χ3v) is 3.65. The van der Waals surface area contributed by atoms with Crippen LogP contribution in [-0.2, 0) is 4.74 Å². The van der Waals surface area contributed by atoms with E-state index in [-0.39, 0.29) is 12.1 Å². The number of amides is 1. The molecule has 1 saturated heterocycles. The lowest BCUT2D eigenvalue weighted by molar-refractivity contribution is 0.0184. The molecule has 0 spiro atoms. The zero-order chi connectivity index (χ0) is 16.4. The van der Waals surface area contributed by atoms with Crippen LogP contribution >= 0.6 is 0 Å². The quantitative estimate of drug-likeness (QED) is 0.941. The lowest BCUT2D eigenvalue weighted by atomic mass is 10.2. The standard InChI is InChI=1S/C16H22N4O3/c1-16(2,3)23-15(21)20-9-5-6-11(20)10-22-14-18-12-7-4-8-17-13(12)19-14/h4,7-8,11H,5-6,9-10H2,1-3H3,(H,17,18,19)/t11-/m0/s1. The van der Waals surface area contributed by atoms with Crippen molar-refractivity contribution in [2.75, 3.05) is 13.2 Å². The number of ether oxygens (including phenoxy) is 2. The Morgan fingerprint density at radius 1 is 1.48 bits per heavy atom. The van der Waals surface area contributed by atoms with E-state index in [0.717, 1.165) is 18.4 Å². The SMILES string of the molecule is CC(C)(C)OC(=O)N1CCC[C@H]1COc1nc2ncccc2[nH]1. The molecular weight excluding hydrogens is 296 g/mol. The number of carbonyl (C=O) groups excluding carboxylic acids is 1. The van der Waals surface area contributed by atoms with Gasteiger partial charge in [0.15, 0.2) is 5.65 Å². The Morgan fingerprint density at radius 3 is 3.04 bits per heavy atom. The van der Waals surface area contributed by atoms with Crippen LogP contribution in [0, 0.1) is 0 Å². The smallest absolute Gasteiger partial charge is 0.410 e. The van der Waals surface area contributed by atoms with Gasteiger partial charge in [0, 0.05) is 12.7 Å². The fourth-order valence-electron chi connectivity index (χ4n) is 2.64. The average molecular weight is 318 g/mol. The summed E-state index contributed by atoms with van der Waals surface area (Å²) in [6.45, 7) is 6.69. The molecule has 3 rings (SSSR count). The van der Waals surface area contributed by atoms with Gasteiger partial charge in [-0.05, 0) is 45.7 Å². The van der Waals surface area contributed by atoms with Gasteiger partial charge in [-0.3, -0.25) is 0 Å². The van der Waals surface area contributed by atoms with E-state index in [9.17, 15) is 4.79 Å². The predicted molar refractivity (Wildman–Crippen MR) is 85.3 cm³/mol. The van der Waals surface area contributed by atoms with Gasteiger partial charge in [-0.25, -0.2) is 9.78 Å². The Morgan fingerprint density at radius 2 is 2.30 bits per heavy atom. The van der Waals surface area contributed by atoms with E-state index < -0.39 is 5.60 Å². The molecule has 0 aromatic carbocycles. The second-order valence-corrected chi connectivity index (χ2v) is 6.70. The molecule has 3 heterocycles. The van der Waals surface area contributed by atoms with E-state index in [1.807, 2.05) is 32.9 Å². The second-order valence-electron chi connectivity index (χ2n) is 6.70. The molecule has 7 heteroatoms. The van der Waals surface area contributed by atoms with Crippen LogP contribution in [-0.4, -0.2) is 50.7 Å². The largest absolute Gasteiger partial charge is 0.463 e. The highest BCUT2D eigenvalue weighted by Crippen LogP contribution is 2.22. The first-order valence-electron chi connectivity index (χ1n) is 7.85. The first-order valence-corrected chi connectivity index (χ1v) is 7.85. The van der Waals surface area contributed by atoms with E-state index in [0.29, 0.717) is 24.8 Å². The van der Waals surface area contributed by atoms with E-state index in [2.05, 4.69) is 15.0 Å². The molecule has 7 nitrogen and oxygen atoms in total. The Hall–Kier alpha value is -2.31. The van der Waals surface area contributed by atoms with Crippen molar-refractivity contribution in [1.82, 2.24) is 19.9 Å². The number of aromatic amines is 1. The predicted octanol–water partition coefficient (Wildman–Crippen LogP) is 2.74. The molecule has 0 unspecified atom stereocenters. The molecular formula is C16H22N4O3. The van der Waals surface area contributed by atoms with Gasteiger partial charge in [0.25, 0.3) is 6.01 Å². The molecule has 0 saturated carbocycles. The van der Waals surface area contributed by atoms with Crippen molar-refractivity contribution in [3.63, 3.8) is 0 Å². The van der Waals surface area contributed by atoms with Crippen molar-refractivity contribution in [3.05, 3.63) is 18.3 Å². The fourth-order valence-corrected chi connectivity index (χ4v) is 2.64. The number of H-pyrrole nitrogens is 1. The van der Waals surface area contributed by atoms with E-state index >= 15 is 0 Å². The van der Waals surface area contributed by atoms with Crippen LogP contribution < -0.4 is 4.74 Å². The summed E-state index contributed by atoms with van der Waals surface area (Å²) in [7, 11) is 0. The Kier molecular flexibility index (Phi) is 4.11. The summed E-state index contributed by atoms with van der Waals surface area (Å²) in [6.07, 6.45) is 3.26. The molecule has 1 aliphatic rings. The molecule has 0 bridgehead atoms. The highest BCUT2D eigenvalue weighted by atomic mass is 16.6. The van der Waals surface area contributed by atoms with E-state index in [1.54, 1.807) is 11.1 Å². The molecule has 0 radical (unpaired) electrons. The number of hydrogen-bond acceptors (Lipinski definition) is 5. The van der Waals surface area contributed by atoms with Crippen LogP contribution in [0.25, 0.3) is 11.2 Å². The molecule has 2 aromatic heterocycles. The summed E-state index contributed by atoms with van der Waals surface area (Å²) < 4.78 is 11.2. The monoisotopic (exact) mass is 318 g/mol. The maximum atomic E-state index is 12.2. The average Bonchev–Trinajstić information content (AvgIpc) is 3.09. The van der Waals surface area contributed by atoms with Crippen LogP contribution in [0.2, 0.25) is 0 Å². The van der Waals surface area contributed by atoms with Crippen molar-refractivity contribution in [3.8, 4) is 6.01 Å². The third-order valence-electron chi connectivity index (χ3n) is 3.65. The first kappa shape index (κ1) is 15.6. The van der Waals surface area contributed by atoms with Crippen LogP contribution in [0.15, 0.2) is 18.3 Å². The summed E-state index contributed by atoms with van der Waals surface area (Å²) >= 11 is 0. The molecule has 2 aromatic rings. The first-order chi connectivity index (χ1) is 10.9. The minimum absolute atomic E-state index is 0.00558. The summed E-state index contributed by atoms with van der Waals surface area (Å²) in [5.41, 5.74) is 0.964. The molecule has 1 aliphatic heterocycles. The zero-order valence-corrected chi connectivity index (χ0v) is 13.7. The van der Waals surface area contributed by atoms with Gasteiger partial charge in [-0.1, -0.05) is 0 Å². The van der Waals surface area contributed by atoms with Gasteiger partial charge in [0.2, 0.25) is 0 Å². The van der Waals surface area contributed by atoms with Crippen LogP contribution in [0.1, 0.15) is 33.6 Å². The van der Waals surface area contributed by atoms with Gasteiger partial charge in [0.1, 0.15) is 12.2 Å². The van der Waals surface area contributed by atoms with Crippen molar-refractivity contribution >= 4 is 17.3 Å². The van der Waals surface area contributed by atoms with Gasteiger partial charge in [-0.15, -0.1) is 0 Å². The number of hydrogen-bond donors (Lipinski definition) is 1. The number of nitrogens with one attached hydrogen (secondary N) is 1. The van der Waals surface area contributed by atoms with Crippen LogP contribution in [0.3, 0.4) is 0 Å². The summed E-state index contributed by atoms with van der Waals surface area (Å²) in [6, 6.07) is 4.16. The van der Waals surface area contributed by atoms with E-state index in [1.165, 1.54) is 0 Å². The number of likely N-dealkylation sites (tertiary alicyclic amines) is 1. The van der Waals surface area contributed by atoms with Crippen LogP contribution in [0.4, 0.5) is 4.79 Å². The maximum absolute atomic E-state index is 12.2. The third kappa shape index (κ3) is 3.72. The highest BCUT2D eigenvalue weighted by molar-refractivity contribution is 5.70.